The predicted molar refractivity (Wildman–Crippen MR) is 63.6 cm³/mol. The van der Waals surface area contributed by atoms with Gasteiger partial charge in [0, 0.05) is 17.3 Å². The summed E-state index contributed by atoms with van der Waals surface area (Å²) in [7, 11) is 0. The number of hydrogen-bond acceptors (Lipinski definition) is 3. The van der Waals surface area contributed by atoms with E-state index in [4.69, 9.17) is 5.73 Å². The Hall–Kier alpha value is -1.35. The van der Waals surface area contributed by atoms with Crippen molar-refractivity contribution in [3.05, 3.63) is 29.3 Å². The van der Waals surface area contributed by atoms with Crippen LogP contribution in [0.4, 0.5) is 0 Å². The van der Waals surface area contributed by atoms with E-state index in [0.717, 1.165) is 11.1 Å². The molecule has 0 radical (unpaired) electrons. The van der Waals surface area contributed by atoms with Crippen molar-refractivity contribution in [2.24, 2.45) is 10.7 Å². The standard InChI is InChI=1S/C12H18N2O/c1-9-4-5-10(11(15)6-9)7-14-8-12(2,3)13/h4-7,15H,8,13H2,1-3H3. The van der Waals surface area contributed by atoms with Crippen LogP contribution in [0.3, 0.4) is 0 Å². The third-order valence-electron chi connectivity index (χ3n) is 1.92. The molecule has 0 atom stereocenters. The van der Waals surface area contributed by atoms with Crippen LogP contribution >= 0.6 is 0 Å². The van der Waals surface area contributed by atoms with Crippen molar-refractivity contribution in [2.75, 3.05) is 6.54 Å². The highest BCUT2D eigenvalue weighted by Crippen LogP contribution is 2.16. The van der Waals surface area contributed by atoms with Crippen molar-refractivity contribution in [1.82, 2.24) is 0 Å². The maximum atomic E-state index is 9.60. The summed E-state index contributed by atoms with van der Waals surface area (Å²) in [5.41, 5.74) is 7.23. The summed E-state index contributed by atoms with van der Waals surface area (Å²) in [6, 6.07) is 5.50. The number of aliphatic imine (C=N–C) groups is 1. The first-order chi connectivity index (χ1) is 6.88. The molecule has 1 aromatic rings. The second kappa shape index (κ2) is 4.45. The van der Waals surface area contributed by atoms with E-state index < -0.39 is 0 Å². The monoisotopic (exact) mass is 206 g/mol. The van der Waals surface area contributed by atoms with E-state index in [2.05, 4.69) is 4.99 Å². The van der Waals surface area contributed by atoms with Crippen molar-refractivity contribution in [3.63, 3.8) is 0 Å². The topological polar surface area (TPSA) is 58.6 Å². The zero-order valence-corrected chi connectivity index (χ0v) is 9.49. The van der Waals surface area contributed by atoms with Gasteiger partial charge in [0.05, 0.1) is 6.54 Å². The Balaban J connectivity index is 2.73. The van der Waals surface area contributed by atoms with Crippen LogP contribution in [0.25, 0.3) is 0 Å². The second-order valence-corrected chi connectivity index (χ2v) is 4.52. The van der Waals surface area contributed by atoms with E-state index in [1.54, 1.807) is 12.3 Å². The van der Waals surface area contributed by atoms with E-state index in [1.807, 2.05) is 32.9 Å². The molecular weight excluding hydrogens is 188 g/mol. The molecule has 0 aliphatic carbocycles. The maximum absolute atomic E-state index is 9.60. The van der Waals surface area contributed by atoms with Crippen molar-refractivity contribution < 1.29 is 5.11 Å². The molecule has 82 valence electrons. The van der Waals surface area contributed by atoms with E-state index in [9.17, 15) is 5.11 Å². The largest absolute Gasteiger partial charge is 0.507 e. The molecule has 0 saturated carbocycles. The molecule has 0 aliphatic heterocycles. The molecule has 0 fully saturated rings. The third kappa shape index (κ3) is 4.13. The molecule has 0 amide bonds. The molecular formula is C12H18N2O. The van der Waals surface area contributed by atoms with Crippen LogP contribution in [-0.4, -0.2) is 23.4 Å². The highest BCUT2D eigenvalue weighted by molar-refractivity contribution is 5.83. The van der Waals surface area contributed by atoms with Gasteiger partial charge in [-0.25, -0.2) is 0 Å². The average molecular weight is 206 g/mol. The fraction of sp³-hybridized carbons (Fsp3) is 0.417. The first-order valence-corrected chi connectivity index (χ1v) is 4.97. The van der Waals surface area contributed by atoms with Crippen molar-refractivity contribution in [3.8, 4) is 5.75 Å². The van der Waals surface area contributed by atoms with Crippen LogP contribution in [0.2, 0.25) is 0 Å². The number of phenols is 1. The molecule has 0 spiro atoms. The summed E-state index contributed by atoms with van der Waals surface area (Å²) in [6.45, 7) is 6.31. The van der Waals surface area contributed by atoms with Crippen LogP contribution in [0, 0.1) is 6.92 Å². The number of hydrogen-bond donors (Lipinski definition) is 2. The molecule has 3 heteroatoms. The van der Waals surface area contributed by atoms with Crippen LogP contribution in [-0.2, 0) is 0 Å². The van der Waals surface area contributed by atoms with Gasteiger partial charge in [0.15, 0.2) is 0 Å². The lowest BCUT2D eigenvalue weighted by Crippen LogP contribution is -2.35. The molecule has 3 nitrogen and oxygen atoms in total. The molecule has 0 bridgehead atoms. The summed E-state index contributed by atoms with van der Waals surface area (Å²) < 4.78 is 0. The van der Waals surface area contributed by atoms with Gasteiger partial charge >= 0.3 is 0 Å². The van der Waals surface area contributed by atoms with Crippen molar-refractivity contribution in [1.29, 1.82) is 0 Å². The van der Waals surface area contributed by atoms with Crippen molar-refractivity contribution >= 4 is 6.21 Å². The Morgan fingerprint density at radius 3 is 2.67 bits per heavy atom. The zero-order chi connectivity index (χ0) is 11.5. The number of aromatic hydroxyl groups is 1. The zero-order valence-electron chi connectivity index (χ0n) is 9.49. The van der Waals surface area contributed by atoms with E-state index in [0.29, 0.717) is 6.54 Å². The smallest absolute Gasteiger partial charge is 0.124 e. The minimum Gasteiger partial charge on any atom is -0.507 e. The lowest BCUT2D eigenvalue weighted by atomic mass is 10.1. The first kappa shape index (κ1) is 11.7. The van der Waals surface area contributed by atoms with Gasteiger partial charge in [-0.3, -0.25) is 4.99 Å². The van der Waals surface area contributed by atoms with E-state index in [1.165, 1.54) is 0 Å². The van der Waals surface area contributed by atoms with E-state index >= 15 is 0 Å². The summed E-state index contributed by atoms with van der Waals surface area (Å²) in [4.78, 5) is 4.19. The van der Waals surface area contributed by atoms with Gasteiger partial charge in [0.25, 0.3) is 0 Å². The summed E-state index contributed by atoms with van der Waals surface area (Å²) >= 11 is 0. The van der Waals surface area contributed by atoms with Crippen molar-refractivity contribution in [2.45, 2.75) is 26.3 Å². The molecule has 0 saturated heterocycles. The maximum Gasteiger partial charge on any atom is 0.124 e. The molecule has 0 aromatic heterocycles. The van der Waals surface area contributed by atoms with Gasteiger partial charge in [-0.15, -0.1) is 0 Å². The van der Waals surface area contributed by atoms with Gasteiger partial charge in [0.2, 0.25) is 0 Å². The minimum absolute atomic E-state index is 0.258. The molecule has 15 heavy (non-hydrogen) atoms. The van der Waals surface area contributed by atoms with E-state index in [-0.39, 0.29) is 11.3 Å². The fourth-order valence-corrected chi connectivity index (χ4v) is 1.14. The Bertz CT molecular complexity index is 364. The van der Waals surface area contributed by atoms with Gasteiger partial charge in [0.1, 0.15) is 5.75 Å². The summed E-state index contributed by atoms with van der Waals surface area (Å²) in [5, 5.41) is 9.60. The summed E-state index contributed by atoms with van der Waals surface area (Å²) in [5.74, 6) is 0.258. The Kier molecular flexibility index (Phi) is 3.48. The van der Waals surface area contributed by atoms with Gasteiger partial charge in [-0.05, 0) is 38.5 Å². The lowest BCUT2D eigenvalue weighted by molar-refractivity contribution is 0.474. The lowest BCUT2D eigenvalue weighted by Gasteiger charge is -2.14. The molecule has 3 N–H and O–H groups in total. The molecule has 0 unspecified atom stereocenters. The Morgan fingerprint density at radius 2 is 2.13 bits per heavy atom. The predicted octanol–water partition coefficient (Wildman–Crippen LogP) is 1.86. The number of phenolic OH excluding ortho intramolecular Hbond substituents is 1. The highest BCUT2D eigenvalue weighted by Gasteiger charge is 2.08. The molecule has 1 aromatic carbocycles. The van der Waals surface area contributed by atoms with Gasteiger partial charge in [-0.2, -0.15) is 0 Å². The Morgan fingerprint density at radius 1 is 1.47 bits per heavy atom. The van der Waals surface area contributed by atoms with Crippen LogP contribution < -0.4 is 5.73 Å². The highest BCUT2D eigenvalue weighted by atomic mass is 16.3. The molecule has 0 aliphatic rings. The summed E-state index contributed by atoms with van der Waals surface area (Å²) in [6.07, 6.45) is 1.66. The SMILES string of the molecule is Cc1ccc(C=NCC(C)(C)N)c(O)c1. The number of aryl methyl sites for hydroxylation is 1. The van der Waals surface area contributed by atoms with Crippen LogP contribution in [0.15, 0.2) is 23.2 Å². The number of nitrogens with two attached hydrogens (primary N) is 1. The second-order valence-electron chi connectivity index (χ2n) is 4.52. The van der Waals surface area contributed by atoms with Crippen LogP contribution in [0.5, 0.6) is 5.75 Å². The number of rotatable bonds is 3. The van der Waals surface area contributed by atoms with Crippen LogP contribution in [0.1, 0.15) is 25.0 Å². The average Bonchev–Trinajstić information content (AvgIpc) is 2.07. The Labute approximate surface area is 90.7 Å². The number of nitrogens with zero attached hydrogens (tertiary/aromatic N) is 1. The molecule has 1 rings (SSSR count). The third-order valence-corrected chi connectivity index (χ3v) is 1.92. The minimum atomic E-state index is -0.309. The quantitative estimate of drug-likeness (QED) is 0.741. The number of benzene rings is 1. The molecule has 0 heterocycles. The van der Waals surface area contributed by atoms with Gasteiger partial charge in [-0.1, -0.05) is 6.07 Å². The first-order valence-electron chi connectivity index (χ1n) is 4.97. The fourth-order valence-electron chi connectivity index (χ4n) is 1.14. The normalized spacial score (nSPS) is 12.3. The van der Waals surface area contributed by atoms with Gasteiger partial charge < -0.3 is 10.8 Å².